The maximum Gasteiger partial charge on any atom is 0.219 e. The van der Waals surface area contributed by atoms with Gasteiger partial charge in [-0.1, -0.05) is 0 Å². The van der Waals surface area contributed by atoms with Crippen LogP contribution >= 0.6 is 0 Å². The Balaban J connectivity index is 2.33. The highest BCUT2D eigenvalue weighted by atomic mass is 16.1. The van der Waals surface area contributed by atoms with E-state index in [0.717, 1.165) is 12.8 Å². The molecule has 4 N–H and O–H groups in total. The molecule has 1 amide bonds. The molecule has 4 nitrogen and oxygen atoms in total. The Labute approximate surface area is 64.9 Å². The summed E-state index contributed by atoms with van der Waals surface area (Å²) in [5, 5.41) is 0. The summed E-state index contributed by atoms with van der Waals surface area (Å²) in [4.78, 5) is 21.5. The van der Waals surface area contributed by atoms with Gasteiger partial charge in [0, 0.05) is 12.3 Å². The van der Waals surface area contributed by atoms with Crippen molar-refractivity contribution in [3.63, 3.8) is 0 Å². The summed E-state index contributed by atoms with van der Waals surface area (Å²) < 4.78 is 0. The van der Waals surface area contributed by atoms with Crippen molar-refractivity contribution in [1.29, 1.82) is 0 Å². The number of carbonyl (C=O) groups excluding carboxylic acids is 2. The summed E-state index contributed by atoms with van der Waals surface area (Å²) in [5.41, 5.74) is 10.3. The molecule has 4 heteroatoms. The van der Waals surface area contributed by atoms with Crippen LogP contribution in [-0.4, -0.2) is 17.7 Å². The second kappa shape index (κ2) is 3.00. The summed E-state index contributed by atoms with van der Waals surface area (Å²) in [6, 6.07) is -0.667. The third kappa shape index (κ3) is 2.31. The monoisotopic (exact) mass is 156 g/mol. The molecule has 11 heavy (non-hydrogen) atoms. The van der Waals surface area contributed by atoms with E-state index in [9.17, 15) is 9.59 Å². The van der Waals surface area contributed by atoms with Gasteiger partial charge in [-0.2, -0.15) is 0 Å². The molecular weight excluding hydrogens is 144 g/mol. The average Bonchev–Trinajstić information content (AvgIpc) is 2.65. The average molecular weight is 156 g/mol. The Bertz CT molecular complexity index is 187. The highest BCUT2D eigenvalue weighted by Crippen LogP contribution is 2.30. The number of carbonyl (C=O) groups is 2. The van der Waals surface area contributed by atoms with E-state index in [1.807, 2.05) is 0 Å². The van der Waals surface area contributed by atoms with Crippen molar-refractivity contribution in [2.75, 3.05) is 0 Å². The molecule has 0 unspecified atom stereocenters. The van der Waals surface area contributed by atoms with Crippen molar-refractivity contribution in [1.82, 2.24) is 0 Å². The maximum absolute atomic E-state index is 11.1. The molecule has 0 aromatic carbocycles. The summed E-state index contributed by atoms with van der Waals surface area (Å²) >= 11 is 0. The van der Waals surface area contributed by atoms with Gasteiger partial charge >= 0.3 is 0 Å². The minimum atomic E-state index is -0.667. The SMILES string of the molecule is NC(=O)C[C@H](N)C(=O)C1CC1. The Kier molecular flexibility index (Phi) is 2.24. The van der Waals surface area contributed by atoms with E-state index in [-0.39, 0.29) is 18.1 Å². The van der Waals surface area contributed by atoms with Crippen LogP contribution in [0.25, 0.3) is 0 Å². The Morgan fingerprint density at radius 3 is 2.36 bits per heavy atom. The lowest BCUT2D eigenvalue weighted by Crippen LogP contribution is -2.35. The van der Waals surface area contributed by atoms with Crippen LogP contribution < -0.4 is 11.5 Å². The molecular formula is C7H12N2O2. The fourth-order valence-electron chi connectivity index (χ4n) is 0.988. The summed E-state index contributed by atoms with van der Waals surface area (Å²) in [7, 11) is 0. The first-order chi connectivity index (χ1) is 5.11. The number of nitrogens with two attached hydrogens (primary N) is 2. The van der Waals surface area contributed by atoms with E-state index in [1.165, 1.54) is 0 Å². The fraction of sp³-hybridized carbons (Fsp3) is 0.714. The van der Waals surface area contributed by atoms with E-state index in [4.69, 9.17) is 11.5 Å². The third-order valence-corrected chi connectivity index (χ3v) is 1.77. The van der Waals surface area contributed by atoms with Gasteiger partial charge in [-0.05, 0) is 12.8 Å². The van der Waals surface area contributed by atoms with E-state index < -0.39 is 11.9 Å². The van der Waals surface area contributed by atoms with Gasteiger partial charge in [0.05, 0.1) is 6.04 Å². The summed E-state index contributed by atoms with van der Waals surface area (Å²) in [5.74, 6) is -0.403. The minimum absolute atomic E-state index is 0.0104. The number of amides is 1. The highest BCUT2D eigenvalue weighted by Gasteiger charge is 2.33. The first-order valence-corrected chi connectivity index (χ1v) is 3.69. The fourth-order valence-corrected chi connectivity index (χ4v) is 0.988. The summed E-state index contributed by atoms with van der Waals surface area (Å²) in [6.45, 7) is 0. The predicted molar refractivity (Wildman–Crippen MR) is 39.5 cm³/mol. The Morgan fingerprint density at radius 2 is 2.00 bits per heavy atom. The number of Topliss-reactive ketones (excluding diaryl/α,β-unsaturated/α-hetero) is 1. The van der Waals surface area contributed by atoms with Gasteiger partial charge < -0.3 is 11.5 Å². The van der Waals surface area contributed by atoms with Crippen molar-refractivity contribution >= 4 is 11.7 Å². The van der Waals surface area contributed by atoms with Gasteiger partial charge in [0.1, 0.15) is 0 Å². The lowest BCUT2D eigenvalue weighted by molar-refractivity contribution is -0.125. The van der Waals surface area contributed by atoms with Crippen molar-refractivity contribution in [2.45, 2.75) is 25.3 Å². The number of hydrogen-bond donors (Lipinski definition) is 2. The van der Waals surface area contributed by atoms with E-state index >= 15 is 0 Å². The molecule has 0 saturated heterocycles. The second-order valence-corrected chi connectivity index (χ2v) is 2.95. The molecule has 1 rings (SSSR count). The first-order valence-electron chi connectivity index (χ1n) is 3.69. The standard InChI is InChI=1S/C7H12N2O2/c8-5(3-6(9)10)7(11)4-1-2-4/h4-5H,1-3,8H2,(H2,9,10)/t5-/m0/s1. The lowest BCUT2D eigenvalue weighted by atomic mass is 10.1. The molecule has 0 radical (unpaired) electrons. The Hall–Kier alpha value is -0.900. The molecule has 0 aromatic rings. The molecule has 1 fully saturated rings. The van der Waals surface area contributed by atoms with Gasteiger partial charge in [-0.15, -0.1) is 0 Å². The van der Waals surface area contributed by atoms with E-state index in [2.05, 4.69) is 0 Å². The topological polar surface area (TPSA) is 86.2 Å². The van der Waals surface area contributed by atoms with Gasteiger partial charge in [0.15, 0.2) is 5.78 Å². The van der Waals surface area contributed by atoms with Crippen LogP contribution in [0, 0.1) is 5.92 Å². The zero-order valence-corrected chi connectivity index (χ0v) is 6.25. The zero-order chi connectivity index (χ0) is 8.43. The molecule has 0 bridgehead atoms. The van der Waals surface area contributed by atoms with Crippen LogP contribution in [0.3, 0.4) is 0 Å². The highest BCUT2D eigenvalue weighted by molar-refractivity contribution is 5.91. The maximum atomic E-state index is 11.1. The molecule has 1 atom stereocenters. The normalized spacial score (nSPS) is 19.4. The molecule has 0 spiro atoms. The van der Waals surface area contributed by atoms with Crippen LogP contribution in [0.15, 0.2) is 0 Å². The van der Waals surface area contributed by atoms with Gasteiger partial charge in [0.2, 0.25) is 5.91 Å². The van der Waals surface area contributed by atoms with Crippen LogP contribution in [0.1, 0.15) is 19.3 Å². The van der Waals surface area contributed by atoms with Gasteiger partial charge in [0.25, 0.3) is 0 Å². The van der Waals surface area contributed by atoms with Crippen molar-refractivity contribution in [2.24, 2.45) is 17.4 Å². The molecule has 0 heterocycles. The lowest BCUT2D eigenvalue weighted by Gasteiger charge is -2.05. The van der Waals surface area contributed by atoms with Gasteiger partial charge in [-0.3, -0.25) is 9.59 Å². The van der Waals surface area contributed by atoms with Crippen LogP contribution in [0.5, 0.6) is 0 Å². The number of rotatable bonds is 4. The smallest absolute Gasteiger partial charge is 0.219 e. The van der Waals surface area contributed by atoms with Crippen molar-refractivity contribution in [3.05, 3.63) is 0 Å². The number of hydrogen-bond acceptors (Lipinski definition) is 3. The molecule has 0 aromatic heterocycles. The molecule has 1 saturated carbocycles. The quantitative estimate of drug-likeness (QED) is 0.557. The van der Waals surface area contributed by atoms with Crippen LogP contribution in [-0.2, 0) is 9.59 Å². The number of primary amides is 1. The van der Waals surface area contributed by atoms with Crippen molar-refractivity contribution in [3.8, 4) is 0 Å². The van der Waals surface area contributed by atoms with Crippen LogP contribution in [0.2, 0.25) is 0 Å². The van der Waals surface area contributed by atoms with Crippen molar-refractivity contribution < 1.29 is 9.59 Å². The third-order valence-electron chi connectivity index (χ3n) is 1.77. The molecule has 1 aliphatic carbocycles. The predicted octanol–water partition coefficient (Wildman–Crippen LogP) is -0.832. The largest absolute Gasteiger partial charge is 0.370 e. The molecule has 1 aliphatic rings. The minimum Gasteiger partial charge on any atom is -0.370 e. The molecule has 62 valence electrons. The van der Waals surface area contributed by atoms with Crippen LogP contribution in [0.4, 0.5) is 0 Å². The van der Waals surface area contributed by atoms with E-state index in [1.54, 1.807) is 0 Å². The van der Waals surface area contributed by atoms with Gasteiger partial charge in [-0.25, -0.2) is 0 Å². The van der Waals surface area contributed by atoms with E-state index in [0.29, 0.717) is 0 Å². The number of ketones is 1. The zero-order valence-electron chi connectivity index (χ0n) is 6.25. The Morgan fingerprint density at radius 1 is 1.45 bits per heavy atom. The molecule has 0 aliphatic heterocycles. The summed E-state index contributed by atoms with van der Waals surface area (Å²) in [6.07, 6.45) is 1.83. The second-order valence-electron chi connectivity index (χ2n) is 2.95. The first kappa shape index (κ1) is 8.20.